The van der Waals surface area contributed by atoms with Crippen LogP contribution < -0.4 is 0 Å². The van der Waals surface area contributed by atoms with E-state index in [1.165, 1.54) is 0 Å². The number of halogens is 1. The van der Waals surface area contributed by atoms with E-state index in [-0.39, 0.29) is 6.10 Å². The summed E-state index contributed by atoms with van der Waals surface area (Å²) in [5.74, 6) is -0.411. The minimum atomic E-state index is -1.24. The largest absolute Gasteiger partial charge is 0.461 e. The maximum atomic E-state index is 12.5. The molecule has 0 heterocycles. The third kappa shape index (κ3) is 1.75. The van der Waals surface area contributed by atoms with Crippen molar-refractivity contribution >= 4 is 17.6 Å². The molecule has 2 aromatic rings. The van der Waals surface area contributed by atoms with Gasteiger partial charge in [0, 0.05) is 0 Å². The first-order chi connectivity index (χ1) is 9.55. The van der Waals surface area contributed by atoms with Gasteiger partial charge in [-0.05, 0) is 36.1 Å². The van der Waals surface area contributed by atoms with E-state index >= 15 is 0 Å². The molecule has 1 aliphatic carbocycles. The van der Waals surface area contributed by atoms with Gasteiger partial charge in [0.15, 0.2) is 4.87 Å². The molecule has 2 nitrogen and oxygen atoms in total. The Bertz CT molecular complexity index is 631. The zero-order valence-electron chi connectivity index (χ0n) is 11.4. The first-order valence-corrected chi connectivity index (χ1v) is 7.02. The number of esters is 1. The lowest BCUT2D eigenvalue weighted by Gasteiger charge is -2.23. The highest BCUT2D eigenvalue weighted by Crippen LogP contribution is 2.52. The lowest BCUT2D eigenvalue weighted by Crippen LogP contribution is -2.32. The number of rotatable bonds is 2. The van der Waals surface area contributed by atoms with Crippen molar-refractivity contribution in [3.63, 3.8) is 0 Å². The number of carbonyl (C=O) groups is 1. The fraction of sp³-hybridized carbons (Fsp3) is 0.235. The van der Waals surface area contributed by atoms with Gasteiger partial charge in [-0.25, -0.2) is 4.79 Å². The second-order valence-electron chi connectivity index (χ2n) is 5.20. The molecule has 3 heteroatoms. The lowest BCUT2D eigenvalue weighted by molar-refractivity contribution is -0.149. The van der Waals surface area contributed by atoms with Crippen molar-refractivity contribution in [3.05, 3.63) is 59.7 Å². The minimum absolute atomic E-state index is 0.196. The monoisotopic (exact) mass is 286 g/mol. The van der Waals surface area contributed by atoms with Crippen LogP contribution in [0.4, 0.5) is 0 Å². The summed E-state index contributed by atoms with van der Waals surface area (Å²) < 4.78 is 5.38. The van der Waals surface area contributed by atoms with Crippen molar-refractivity contribution in [2.45, 2.75) is 24.8 Å². The lowest BCUT2D eigenvalue weighted by atomic mass is 9.96. The molecule has 0 radical (unpaired) electrons. The Morgan fingerprint density at radius 1 is 1.00 bits per heavy atom. The average molecular weight is 287 g/mol. The summed E-state index contributed by atoms with van der Waals surface area (Å²) in [5.41, 5.74) is 3.60. The predicted molar refractivity (Wildman–Crippen MR) is 79.7 cm³/mol. The fourth-order valence-electron chi connectivity index (χ4n) is 2.70. The van der Waals surface area contributed by atoms with Gasteiger partial charge in [-0.1, -0.05) is 60.1 Å². The van der Waals surface area contributed by atoms with Gasteiger partial charge in [0.05, 0.1) is 6.10 Å². The van der Waals surface area contributed by atoms with E-state index in [0.717, 1.165) is 22.3 Å². The molecule has 102 valence electrons. The van der Waals surface area contributed by atoms with E-state index in [2.05, 4.69) is 0 Å². The predicted octanol–water partition coefficient (Wildman–Crippen LogP) is 4.10. The zero-order valence-corrected chi connectivity index (χ0v) is 12.1. The molecule has 0 unspecified atom stereocenters. The third-order valence-corrected chi connectivity index (χ3v) is 4.07. The topological polar surface area (TPSA) is 26.3 Å². The Kier molecular flexibility index (Phi) is 3.06. The molecule has 2 aromatic carbocycles. The number of fused-ring (bicyclic) bond motifs is 3. The van der Waals surface area contributed by atoms with E-state index in [1.54, 1.807) is 0 Å². The van der Waals surface area contributed by atoms with Crippen LogP contribution in [-0.2, 0) is 14.4 Å². The molecular formula is C17H15ClO2. The second kappa shape index (κ2) is 4.64. The van der Waals surface area contributed by atoms with Gasteiger partial charge >= 0.3 is 5.97 Å². The number of benzene rings is 2. The van der Waals surface area contributed by atoms with Crippen molar-refractivity contribution in [1.29, 1.82) is 0 Å². The maximum absolute atomic E-state index is 12.5. The number of carbonyl (C=O) groups excluding carboxylic acids is 1. The Morgan fingerprint density at radius 3 is 1.90 bits per heavy atom. The smallest absolute Gasteiger partial charge is 0.336 e. The molecule has 0 spiro atoms. The number of ether oxygens (including phenoxy) is 1. The number of hydrogen-bond donors (Lipinski definition) is 0. The molecule has 1 aliphatic rings. The quantitative estimate of drug-likeness (QED) is 0.614. The summed E-state index contributed by atoms with van der Waals surface area (Å²) >= 11 is 6.75. The van der Waals surface area contributed by atoms with Crippen molar-refractivity contribution < 1.29 is 9.53 Å². The summed E-state index contributed by atoms with van der Waals surface area (Å²) in [5, 5.41) is 0. The van der Waals surface area contributed by atoms with Gasteiger partial charge in [0.1, 0.15) is 0 Å². The maximum Gasteiger partial charge on any atom is 0.336 e. The molecule has 0 aliphatic heterocycles. The Balaban J connectivity index is 2.23. The molecule has 0 saturated heterocycles. The molecule has 0 aromatic heterocycles. The van der Waals surface area contributed by atoms with Gasteiger partial charge < -0.3 is 4.74 Å². The van der Waals surface area contributed by atoms with Gasteiger partial charge in [0.2, 0.25) is 0 Å². The van der Waals surface area contributed by atoms with Crippen LogP contribution in [0.15, 0.2) is 48.5 Å². The van der Waals surface area contributed by atoms with Crippen molar-refractivity contribution in [2.24, 2.45) is 0 Å². The van der Waals surface area contributed by atoms with E-state index in [0.29, 0.717) is 0 Å². The summed E-state index contributed by atoms with van der Waals surface area (Å²) in [4.78, 5) is 11.3. The van der Waals surface area contributed by atoms with E-state index in [4.69, 9.17) is 16.3 Å². The highest BCUT2D eigenvalue weighted by atomic mass is 35.5. The first-order valence-electron chi connectivity index (χ1n) is 6.64. The van der Waals surface area contributed by atoms with Crippen LogP contribution in [0.2, 0.25) is 0 Å². The van der Waals surface area contributed by atoms with Crippen LogP contribution in [-0.4, -0.2) is 12.1 Å². The summed E-state index contributed by atoms with van der Waals surface area (Å²) in [7, 11) is 0. The average Bonchev–Trinajstić information content (AvgIpc) is 2.71. The van der Waals surface area contributed by atoms with Gasteiger partial charge in [0.25, 0.3) is 0 Å². The first kappa shape index (κ1) is 13.2. The van der Waals surface area contributed by atoms with Crippen LogP contribution in [0.1, 0.15) is 25.0 Å². The van der Waals surface area contributed by atoms with Crippen LogP contribution in [0.25, 0.3) is 11.1 Å². The summed E-state index contributed by atoms with van der Waals surface area (Å²) in [6.07, 6.45) is -0.196. The molecule has 0 bridgehead atoms. The normalized spacial score (nSPS) is 14.8. The summed E-state index contributed by atoms with van der Waals surface area (Å²) in [6, 6.07) is 15.4. The molecule has 20 heavy (non-hydrogen) atoms. The molecule has 0 fully saturated rings. The molecule has 0 atom stereocenters. The van der Waals surface area contributed by atoms with E-state index in [9.17, 15) is 4.79 Å². The highest BCUT2D eigenvalue weighted by Gasteiger charge is 2.49. The van der Waals surface area contributed by atoms with Gasteiger partial charge in [-0.3, -0.25) is 0 Å². The van der Waals surface area contributed by atoms with Crippen molar-refractivity contribution in [1.82, 2.24) is 0 Å². The summed E-state index contributed by atoms with van der Waals surface area (Å²) in [6.45, 7) is 3.65. The molecule has 3 rings (SSSR count). The fourth-order valence-corrected chi connectivity index (χ4v) is 3.07. The SMILES string of the molecule is CC(C)OC(=O)C1(Cl)c2ccccc2-c2ccccc21. The number of hydrogen-bond acceptors (Lipinski definition) is 2. The van der Waals surface area contributed by atoms with Gasteiger partial charge in [-0.2, -0.15) is 0 Å². The van der Waals surface area contributed by atoms with Gasteiger partial charge in [-0.15, -0.1) is 0 Å². The Morgan fingerprint density at radius 2 is 1.45 bits per heavy atom. The highest BCUT2D eigenvalue weighted by molar-refractivity contribution is 6.38. The van der Waals surface area contributed by atoms with E-state index in [1.807, 2.05) is 62.4 Å². The molecule has 0 N–H and O–H groups in total. The molecule has 0 amide bonds. The van der Waals surface area contributed by atoms with Crippen molar-refractivity contribution in [3.8, 4) is 11.1 Å². The standard InChI is InChI=1S/C17H15ClO2/c1-11(2)20-16(19)17(18)14-9-5-3-7-12(14)13-8-4-6-10-15(13)17/h3-11H,1-2H3. The minimum Gasteiger partial charge on any atom is -0.461 e. The molecule has 0 saturated carbocycles. The van der Waals surface area contributed by atoms with Crippen LogP contribution in [0, 0.1) is 0 Å². The van der Waals surface area contributed by atoms with Crippen LogP contribution >= 0.6 is 11.6 Å². The number of alkyl halides is 1. The molecular weight excluding hydrogens is 272 g/mol. The van der Waals surface area contributed by atoms with Crippen molar-refractivity contribution in [2.75, 3.05) is 0 Å². The van der Waals surface area contributed by atoms with Crippen LogP contribution in [0.5, 0.6) is 0 Å². The van der Waals surface area contributed by atoms with E-state index < -0.39 is 10.8 Å². The second-order valence-corrected chi connectivity index (χ2v) is 5.77. The third-order valence-electron chi connectivity index (χ3n) is 3.51. The Labute approximate surface area is 123 Å². The Hall–Kier alpha value is -1.80. The zero-order chi connectivity index (χ0) is 14.3. The van der Waals surface area contributed by atoms with Crippen LogP contribution in [0.3, 0.4) is 0 Å².